The van der Waals surface area contributed by atoms with E-state index in [1.807, 2.05) is 30.3 Å². The minimum atomic E-state index is -0.755. The molecule has 2 atom stereocenters. The zero-order chi connectivity index (χ0) is 13.3. The average molecular weight is 249 g/mol. The number of ether oxygens (including phenoxy) is 2. The fourth-order valence-corrected chi connectivity index (χ4v) is 2.11. The highest BCUT2D eigenvalue weighted by atomic mass is 16.7. The van der Waals surface area contributed by atoms with Gasteiger partial charge in [0, 0.05) is 14.2 Å². The lowest BCUT2D eigenvalue weighted by Crippen LogP contribution is -2.60. The zero-order valence-electron chi connectivity index (χ0n) is 11.2. The van der Waals surface area contributed by atoms with Gasteiger partial charge in [-0.2, -0.15) is 0 Å². The van der Waals surface area contributed by atoms with Crippen molar-refractivity contribution in [3.05, 3.63) is 35.9 Å². The molecule has 0 radical (unpaired) electrons. The van der Waals surface area contributed by atoms with E-state index in [4.69, 9.17) is 9.47 Å². The number of carbonyl (C=O) groups excluding carboxylic acids is 1. The van der Waals surface area contributed by atoms with Crippen LogP contribution in [0.25, 0.3) is 0 Å². The first-order valence-electron chi connectivity index (χ1n) is 6.01. The minimum Gasteiger partial charge on any atom is -0.354 e. The van der Waals surface area contributed by atoms with E-state index < -0.39 is 11.9 Å². The van der Waals surface area contributed by atoms with Gasteiger partial charge in [-0.1, -0.05) is 30.3 Å². The Morgan fingerprint density at radius 1 is 1.22 bits per heavy atom. The van der Waals surface area contributed by atoms with Gasteiger partial charge in [-0.05, 0) is 19.4 Å². The number of hydrogen-bond donors (Lipinski definition) is 0. The van der Waals surface area contributed by atoms with E-state index in [0.29, 0.717) is 0 Å². The predicted molar refractivity (Wildman–Crippen MR) is 67.9 cm³/mol. The number of β-lactam (4-membered cyclic amide) rings is 1. The Morgan fingerprint density at radius 3 is 2.39 bits per heavy atom. The van der Waals surface area contributed by atoms with Crippen LogP contribution in [0.5, 0.6) is 0 Å². The van der Waals surface area contributed by atoms with Gasteiger partial charge < -0.3 is 14.4 Å². The first kappa shape index (κ1) is 13.1. The highest BCUT2D eigenvalue weighted by Crippen LogP contribution is 2.37. The van der Waals surface area contributed by atoms with Gasteiger partial charge in [-0.3, -0.25) is 4.79 Å². The van der Waals surface area contributed by atoms with E-state index in [0.717, 1.165) is 5.56 Å². The summed E-state index contributed by atoms with van der Waals surface area (Å²) in [5, 5.41) is 0. The van der Waals surface area contributed by atoms with Crippen LogP contribution in [0.1, 0.15) is 25.5 Å². The molecule has 0 aliphatic carbocycles. The smallest absolute Gasteiger partial charge is 0.254 e. The number of carbonyl (C=O) groups is 1. The molecule has 1 aromatic rings. The molecule has 0 N–H and O–H groups in total. The van der Waals surface area contributed by atoms with E-state index >= 15 is 0 Å². The highest BCUT2D eigenvalue weighted by Gasteiger charge is 2.49. The molecule has 1 saturated heterocycles. The van der Waals surface area contributed by atoms with Crippen molar-refractivity contribution < 1.29 is 14.3 Å². The quantitative estimate of drug-likeness (QED) is 0.605. The monoisotopic (exact) mass is 249 g/mol. The number of hydrogen-bond acceptors (Lipinski definition) is 3. The van der Waals surface area contributed by atoms with Crippen molar-refractivity contribution in [2.24, 2.45) is 0 Å². The van der Waals surface area contributed by atoms with E-state index in [1.54, 1.807) is 32.9 Å². The highest BCUT2D eigenvalue weighted by molar-refractivity contribution is 5.88. The van der Waals surface area contributed by atoms with Crippen LogP contribution in [0.2, 0.25) is 0 Å². The SMILES string of the molecule is COC(C)(C)OC1C(=O)N(C)C1c1ccccc1. The van der Waals surface area contributed by atoms with Crippen molar-refractivity contribution in [2.75, 3.05) is 14.2 Å². The van der Waals surface area contributed by atoms with Gasteiger partial charge >= 0.3 is 0 Å². The number of likely N-dealkylation sites (tertiary alicyclic amines) is 1. The predicted octanol–water partition coefficient (Wildman–Crippen LogP) is 1.97. The molecule has 1 aromatic carbocycles. The van der Waals surface area contributed by atoms with Crippen molar-refractivity contribution in [1.29, 1.82) is 0 Å². The topological polar surface area (TPSA) is 38.8 Å². The molecular formula is C14H19NO3. The summed E-state index contributed by atoms with van der Waals surface area (Å²) in [4.78, 5) is 13.6. The summed E-state index contributed by atoms with van der Waals surface area (Å²) in [5.74, 6) is -0.761. The fraction of sp³-hybridized carbons (Fsp3) is 0.500. The minimum absolute atomic E-state index is 0.00558. The lowest BCUT2D eigenvalue weighted by atomic mass is 9.91. The van der Waals surface area contributed by atoms with E-state index in [-0.39, 0.29) is 11.9 Å². The average Bonchev–Trinajstić information content (AvgIpc) is 2.39. The molecule has 98 valence electrons. The first-order valence-corrected chi connectivity index (χ1v) is 6.01. The van der Waals surface area contributed by atoms with Gasteiger partial charge in [0.1, 0.15) is 0 Å². The Labute approximate surface area is 107 Å². The summed E-state index contributed by atoms with van der Waals surface area (Å²) >= 11 is 0. The maximum Gasteiger partial charge on any atom is 0.254 e. The normalized spacial score (nSPS) is 24.0. The number of nitrogens with zero attached hydrogens (tertiary/aromatic N) is 1. The molecule has 0 bridgehead atoms. The number of methoxy groups -OCH3 is 1. The van der Waals surface area contributed by atoms with Gasteiger partial charge in [-0.15, -0.1) is 0 Å². The standard InChI is InChI=1S/C14H19NO3/c1-14(2,17-4)18-12-11(15(3)13(12)16)10-8-6-5-7-9-10/h5-9,11-12H,1-4H3. The molecule has 4 heteroatoms. The molecule has 2 rings (SSSR count). The lowest BCUT2D eigenvalue weighted by Gasteiger charge is -2.47. The Hall–Kier alpha value is -1.39. The largest absolute Gasteiger partial charge is 0.354 e. The van der Waals surface area contributed by atoms with Gasteiger partial charge in [0.25, 0.3) is 5.91 Å². The molecule has 4 nitrogen and oxygen atoms in total. The molecule has 1 aliphatic rings. The van der Waals surface area contributed by atoms with Crippen LogP contribution < -0.4 is 0 Å². The Kier molecular flexibility index (Phi) is 3.41. The number of rotatable bonds is 4. The molecule has 0 spiro atoms. The molecule has 1 aliphatic heterocycles. The van der Waals surface area contributed by atoms with E-state index in [2.05, 4.69) is 0 Å². The van der Waals surface area contributed by atoms with Gasteiger partial charge in [0.05, 0.1) is 6.04 Å². The van der Waals surface area contributed by atoms with Crippen molar-refractivity contribution in [2.45, 2.75) is 31.8 Å². The van der Waals surface area contributed by atoms with Gasteiger partial charge in [-0.25, -0.2) is 0 Å². The lowest BCUT2D eigenvalue weighted by molar-refractivity contribution is -0.252. The van der Waals surface area contributed by atoms with Crippen LogP contribution in [0.15, 0.2) is 30.3 Å². The number of benzene rings is 1. The number of likely N-dealkylation sites (N-methyl/N-ethyl adjacent to an activating group) is 1. The van der Waals surface area contributed by atoms with Crippen LogP contribution in [0.3, 0.4) is 0 Å². The molecule has 18 heavy (non-hydrogen) atoms. The molecule has 0 aromatic heterocycles. The second-order valence-corrected chi connectivity index (χ2v) is 4.95. The van der Waals surface area contributed by atoms with Crippen LogP contribution in [0, 0.1) is 0 Å². The van der Waals surface area contributed by atoms with Crippen LogP contribution in [-0.4, -0.2) is 36.9 Å². The maximum absolute atomic E-state index is 11.9. The number of amides is 1. The Bertz CT molecular complexity index is 430. The summed E-state index contributed by atoms with van der Waals surface area (Å²) in [6, 6.07) is 9.86. The summed E-state index contributed by atoms with van der Waals surface area (Å²) in [6.45, 7) is 3.61. The molecule has 2 unspecified atom stereocenters. The van der Waals surface area contributed by atoms with Crippen LogP contribution >= 0.6 is 0 Å². The summed E-state index contributed by atoms with van der Waals surface area (Å²) in [7, 11) is 3.37. The van der Waals surface area contributed by atoms with Crippen LogP contribution in [-0.2, 0) is 14.3 Å². The summed E-state index contributed by atoms with van der Waals surface area (Å²) in [5.41, 5.74) is 1.08. The summed E-state index contributed by atoms with van der Waals surface area (Å²) in [6.07, 6.45) is -0.465. The maximum atomic E-state index is 11.9. The molecular weight excluding hydrogens is 230 g/mol. The van der Waals surface area contributed by atoms with E-state index in [1.165, 1.54) is 0 Å². The first-order chi connectivity index (χ1) is 8.46. The Morgan fingerprint density at radius 2 is 1.83 bits per heavy atom. The molecule has 1 fully saturated rings. The second-order valence-electron chi connectivity index (χ2n) is 4.95. The van der Waals surface area contributed by atoms with Gasteiger partial charge in [0.15, 0.2) is 11.9 Å². The van der Waals surface area contributed by atoms with Crippen molar-refractivity contribution >= 4 is 5.91 Å². The summed E-state index contributed by atoms with van der Waals surface area (Å²) < 4.78 is 11.0. The fourth-order valence-electron chi connectivity index (χ4n) is 2.11. The van der Waals surface area contributed by atoms with Crippen molar-refractivity contribution in [3.63, 3.8) is 0 Å². The Balaban J connectivity index is 2.17. The molecule has 1 heterocycles. The third kappa shape index (κ3) is 2.26. The third-order valence-electron chi connectivity index (χ3n) is 3.34. The van der Waals surface area contributed by atoms with Crippen molar-refractivity contribution in [1.82, 2.24) is 4.90 Å². The molecule has 1 amide bonds. The molecule has 0 saturated carbocycles. The van der Waals surface area contributed by atoms with Gasteiger partial charge in [0.2, 0.25) is 0 Å². The second kappa shape index (κ2) is 4.71. The third-order valence-corrected chi connectivity index (χ3v) is 3.34. The van der Waals surface area contributed by atoms with Crippen LogP contribution in [0.4, 0.5) is 0 Å². The van der Waals surface area contributed by atoms with E-state index in [9.17, 15) is 4.79 Å². The zero-order valence-corrected chi connectivity index (χ0v) is 11.2. The van der Waals surface area contributed by atoms with Crippen molar-refractivity contribution in [3.8, 4) is 0 Å².